The first-order valence-electron chi connectivity index (χ1n) is 8.50. The molecule has 132 valence electrons. The van der Waals surface area contributed by atoms with Crippen molar-refractivity contribution in [2.24, 2.45) is 5.41 Å². The number of fused-ring (bicyclic) bond motifs is 1. The second-order valence-electron chi connectivity index (χ2n) is 8.48. The van der Waals surface area contributed by atoms with E-state index in [0.29, 0.717) is 21.6 Å². The Morgan fingerprint density at radius 2 is 1.76 bits per heavy atom. The highest BCUT2D eigenvalue weighted by Gasteiger charge is 2.29. The maximum absolute atomic E-state index is 12.6. The third-order valence-electron chi connectivity index (χ3n) is 4.41. The molecule has 0 amide bonds. The molecule has 0 fully saturated rings. The van der Waals surface area contributed by atoms with Crippen LogP contribution in [0.15, 0.2) is 42.5 Å². The Morgan fingerprint density at radius 3 is 2.40 bits per heavy atom. The Hall–Kier alpha value is -2.56. The van der Waals surface area contributed by atoms with E-state index in [4.69, 9.17) is 0 Å². The van der Waals surface area contributed by atoms with Gasteiger partial charge in [-0.3, -0.25) is 0 Å². The largest absolute Gasteiger partial charge is 0.692 e. The Kier molecular flexibility index (Phi) is 3.98. The van der Waals surface area contributed by atoms with E-state index >= 15 is 0 Å². The molecule has 5 heteroatoms. The van der Waals surface area contributed by atoms with E-state index in [1.54, 1.807) is 24.3 Å². The zero-order chi connectivity index (χ0) is 18.4. The van der Waals surface area contributed by atoms with Crippen molar-refractivity contribution in [1.29, 1.82) is 0 Å². The third kappa shape index (κ3) is 3.31. The lowest BCUT2D eigenvalue weighted by atomic mass is 9.72. The molecule has 3 rings (SSSR count). The van der Waals surface area contributed by atoms with Crippen molar-refractivity contribution >= 4 is 11.0 Å². The molecule has 0 spiro atoms. The number of aromatic hydroxyl groups is 1. The first-order chi connectivity index (χ1) is 11.6. The molecule has 5 nitrogen and oxygen atoms in total. The molecule has 0 radical (unpaired) electrons. The van der Waals surface area contributed by atoms with E-state index in [0.717, 1.165) is 12.0 Å². The molecule has 0 atom stereocenters. The summed E-state index contributed by atoms with van der Waals surface area (Å²) in [5, 5.41) is 27.2. The van der Waals surface area contributed by atoms with Crippen LogP contribution in [0.3, 0.4) is 0 Å². The number of hydrogen-bond donors (Lipinski definition) is 1. The molecule has 0 bridgehead atoms. The van der Waals surface area contributed by atoms with Gasteiger partial charge in [-0.2, -0.15) is 0 Å². The van der Waals surface area contributed by atoms with Crippen LogP contribution in [0.2, 0.25) is 0 Å². The van der Waals surface area contributed by atoms with Gasteiger partial charge in [0.15, 0.2) is 5.69 Å². The minimum absolute atomic E-state index is 0.0349. The molecule has 0 aliphatic heterocycles. The van der Waals surface area contributed by atoms with Gasteiger partial charge in [-0.15, -0.1) is 4.85 Å². The van der Waals surface area contributed by atoms with Gasteiger partial charge in [0.05, 0.1) is 5.10 Å². The van der Waals surface area contributed by atoms with Crippen LogP contribution in [0, 0.1) is 10.6 Å². The highest BCUT2D eigenvalue weighted by molar-refractivity contribution is 5.70. The second-order valence-corrected chi connectivity index (χ2v) is 8.48. The number of para-hydroxylation sites is 1. The number of nitrogens with zero attached hydrogens (tertiary/aromatic N) is 3. The molecular weight excluding hydrogens is 314 g/mol. The quantitative estimate of drug-likeness (QED) is 0.577. The average Bonchev–Trinajstić information content (AvgIpc) is 2.83. The van der Waals surface area contributed by atoms with Crippen LogP contribution in [-0.2, 0) is 5.41 Å². The smallest absolute Gasteiger partial charge is 0.250 e. The molecule has 0 aliphatic rings. The Labute approximate surface area is 148 Å². The molecule has 0 aliphatic carbocycles. The number of phenols is 1. The van der Waals surface area contributed by atoms with Crippen molar-refractivity contribution < 1.29 is 9.95 Å². The van der Waals surface area contributed by atoms with Gasteiger partial charge < -0.3 is 10.3 Å². The number of rotatable bonds is 3. The average molecular weight is 339 g/mol. The minimum Gasteiger partial charge on any atom is -0.692 e. The summed E-state index contributed by atoms with van der Waals surface area (Å²) in [6, 6.07) is 12.6. The molecule has 0 unspecified atom stereocenters. The van der Waals surface area contributed by atoms with E-state index in [-0.39, 0.29) is 16.6 Å². The Morgan fingerprint density at radius 1 is 1.08 bits per heavy atom. The SMILES string of the molecule is CC(C)(C)CC(C)(C)c1ccc(O)c(-n2nc3ccccc3[n+]2[O-])c1. The van der Waals surface area contributed by atoms with Crippen LogP contribution in [0.1, 0.15) is 46.6 Å². The number of benzene rings is 2. The van der Waals surface area contributed by atoms with Crippen molar-refractivity contribution in [3.05, 3.63) is 53.2 Å². The van der Waals surface area contributed by atoms with Crippen LogP contribution >= 0.6 is 0 Å². The van der Waals surface area contributed by atoms with Crippen molar-refractivity contribution in [1.82, 2.24) is 9.90 Å². The highest BCUT2D eigenvalue weighted by atomic mass is 16.5. The van der Waals surface area contributed by atoms with E-state index in [9.17, 15) is 10.3 Å². The summed E-state index contributed by atoms with van der Waals surface area (Å²) in [4.78, 5) is 1.93. The predicted molar refractivity (Wildman–Crippen MR) is 98.8 cm³/mol. The third-order valence-corrected chi connectivity index (χ3v) is 4.41. The van der Waals surface area contributed by atoms with Gasteiger partial charge in [0.2, 0.25) is 11.0 Å². The van der Waals surface area contributed by atoms with Crippen molar-refractivity contribution in [3.8, 4) is 11.4 Å². The monoisotopic (exact) mass is 339 g/mol. The van der Waals surface area contributed by atoms with Gasteiger partial charge in [0.25, 0.3) is 0 Å². The van der Waals surface area contributed by atoms with Gasteiger partial charge in [0.1, 0.15) is 5.75 Å². The van der Waals surface area contributed by atoms with Crippen molar-refractivity contribution in [3.63, 3.8) is 0 Å². The summed E-state index contributed by atoms with van der Waals surface area (Å²) in [5.41, 5.74) is 2.60. The van der Waals surface area contributed by atoms with Crippen LogP contribution in [0.5, 0.6) is 5.75 Å². The molecule has 25 heavy (non-hydrogen) atoms. The number of phenolic OH excluding ortho intramolecular Hbond substituents is 1. The van der Waals surface area contributed by atoms with Gasteiger partial charge in [-0.1, -0.05) is 52.8 Å². The fraction of sp³-hybridized carbons (Fsp3) is 0.400. The normalized spacial score (nSPS) is 12.7. The Bertz CT molecular complexity index is 920. The Balaban J connectivity index is 2.12. The molecule has 1 N–H and O–H groups in total. The first kappa shape index (κ1) is 17.3. The highest BCUT2D eigenvalue weighted by Crippen LogP contribution is 2.38. The van der Waals surface area contributed by atoms with Gasteiger partial charge in [-0.25, -0.2) is 0 Å². The summed E-state index contributed by atoms with van der Waals surface area (Å²) in [7, 11) is 0. The van der Waals surface area contributed by atoms with Crippen LogP contribution in [0.25, 0.3) is 16.7 Å². The summed E-state index contributed by atoms with van der Waals surface area (Å²) >= 11 is 0. The summed E-state index contributed by atoms with van der Waals surface area (Å²) in [6.45, 7) is 11.0. The van der Waals surface area contributed by atoms with Gasteiger partial charge in [-0.05, 0) is 51.9 Å². The second kappa shape index (κ2) is 5.76. The number of hydrogen-bond acceptors (Lipinski definition) is 3. The minimum atomic E-state index is -0.0962. The van der Waals surface area contributed by atoms with Crippen LogP contribution in [-0.4, -0.2) is 15.0 Å². The zero-order valence-electron chi connectivity index (χ0n) is 15.4. The van der Waals surface area contributed by atoms with E-state index in [1.165, 1.54) is 4.80 Å². The number of aromatic nitrogens is 3. The van der Waals surface area contributed by atoms with E-state index in [2.05, 4.69) is 39.7 Å². The molecular formula is C20H25N3O2. The fourth-order valence-corrected chi connectivity index (χ4v) is 3.64. The fourth-order valence-electron chi connectivity index (χ4n) is 3.64. The lowest BCUT2D eigenvalue weighted by molar-refractivity contribution is -0.664. The van der Waals surface area contributed by atoms with Crippen LogP contribution < -0.4 is 4.85 Å². The molecule has 0 saturated carbocycles. The summed E-state index contributed by atoms with van der Waals surface area (Å²) < 4.78 is 0. The molecule has 3 aromatic rings. The van der Waals surface area contributed by atoms with E-state index in [1.807, 2.05) is 18.2 Å². The maximum Gasteiger partial charge on any atom is 0.250 e. The maximum atomic E-state index is 12.6. The van der Waals surface area contributed by atoms with Crippen molar-refractivity contribution in [2.45, 2.75) is 46.5 Å². The molecule has 0 saturated heterocycles. The topological polar surface area (TPSA) is 65.0 Å². The van der Waals surface area contributed by atoms with Gasteiger partial charge >= 0.3 is 0 Å². The molecule has 1 heterocycles. The van der Waals surface area contributed by atoms with Gasteiger partial charge in [0, 0.05) is 0 Å². The summed E-state index contributed by atoms with van der Waals surface area (Å²) in [6.07, 6.45) is 0.975. The standard InChI is InChI=1S/C20H25N3O2/c1-19(2,3)13-20(4,5)14-10-11-18(24)17(12-14)22-21-15-8-6-7-9-16(15)23(22)25/h6-12,24H,13H2,1-5H3. The lowest BCUT2D eigenvalue weighted by Crippen LogP contribution is -2.37. The van der Waals surface area contributed by atoms with Crippen molar-refractivity contribution in [2.75, 3.05) is 0 Å². The van der Waals surface area contributed by atoms with Crippen LogP contribution in [0.4, 0.5) is 0 Å². The first-order valence-corrected chi connectivity index (χ1v) is 8.50. The lowest BCUT2D eigenvalue weighted by Gasteiger charge is -2.33. The predicted octanol–water partition coefficient (Wildman–Crippen LogP) is 4.08. The van der Waals surface area contributed by atoms with E-state index < -0.39 is 0 Å². The molecule has 1 aromatic heterocycles. The molecule has 2 aromatic carbocycles. The summed E-state index contributed by atoms with van der Waals surface area (Å²) in [5.74, 6) is 0.0349. The zero-order valence-corrected chi connectivity index (χ0v) is 15.4.